The molecule has 12 heteroatoms. The summed E-state index contributed by atoms with van der Waals surface area (Å²) in [6, 6.07) is 3.25. The average molecular weight is 723 g/mol. The molecule has 286 valence electrons. The van der Waals surface area contributed by atoms with Crippen LogP contribution in [0.1, 0.15) is 38.8 Å². The van der Waals surface area contributed by atoms with Crippen molar-refractivity contribution < 1.29 is 33.9 Å². The van der Waals surface area contributed by atoms with Crippen LogP contribution in [0.2, 0.25) is 0 Å². The maximum Gasteiger partial charge on any atom is 0.204 e. The van der Waals surface area contributed by atoms with Crippen molar-refractivity contribution >= 4 is 21.9 Å². The van der Waals surface area contributed by atoms with Crippen molar-refractivity contribution in [3.8, 4) is 23.0 Å². The fraction of sp³-hybridized carbons (Fsp3) is 0.575. The smallest absolute Gasteiger partial charge is 0.204 e. The lowest BCUT2D eigenvalue weighted by molar-refractivity contribution is 0.0498. The molecule has 0 bridgehead atoms. The van der Waals surface area contributed by atoms with Crippen LogP contribution in [-0.4, -0.2) is 147 Å². The van der Waals surface area contributed by atoms with Gasteiger partial charge in [0.05, 0.1) is 12.5 Å². The van der Waals surface area contributed by atoms with Crippen molar-refractivity contribution in [2.24, 2.45) is 0 Å². The van der Waals surface area contributed by atoms with Gasteiger partial charge in [0, 0.05) is 88.7 Å². The molecule has 5 rings (SSSR count). The highest BCUT2D eigenvalue weighted by atomic mass is 16.5. The molecule has 2 atom stereocenters. The van der Waals surface area contributed by atoms with Gasteiger partial charge in [0.15, 0.2) is 11.5 Å². The Labute approximate surface area is 307 Å². The first kappa shape index (κ1) is 39.6. The van der Waals surface area contributed by atoms with Gasteiger partial charge >= 0.3 is 0 Å². The van der Waals surface area contributed by atoms with Crippen molar-refractivity contribution in [1.29, 1.82) is 0 Å². The Bertz CT molecular complexity index is 1800. The van der Waals surface area contributed by atoms with Crippen LogP contribution < -0.4 is 19.6 Å². The summed E-state index contributed by atoms with van der Waals surface area (Å²) < 4.78 is 24.7. The van der Waals surface area contributed by atoms with E-state index in [1.165, 1.54) is 7.11 Å². The van der Waals surface area contributed by atoms with E-state index in [0.717, 1.165) is 63.5 Å². The van der Waals surface area contributed by atoms with Crippen LogP contribution in [-0.2, 0) is 12.8 Å². The number of phenols is 1. The quantitative estimate of drug-likeness (QED) is 0.156. The van der Waals surface area contributed by atoms with Gasteiger partial charge in [-0.15, -0.1) is 0 Å². The number of piperazine rings is 2. The summed E-state index contributed by atoms with van der Waals surface area (Å²) in [5.74, 6) is 0.847. The van der Waals surface area contributed by atoms with Gasteiger partial charge in [-0.25, -0.2) is 0 Å². The van der Waals surface area contributed by atoms with E-state index in [-0.39, 0.29) is 40.9 Å². The minimum Gasteiger partial charge on any atom is -0.507 e. The Morgan fingerprint density at radius 2 is 1.21 bits per heavy atom. The Balaban J connectivity index is 1.53. The lowest BCUT2D eigenvalue weighted by Crippen LogP contribution is -2.47. The van der Waals surface area contributed by atoms with Gasteiger partial charge in [-0.3, -0.25) is 14.6 Å². The fourth-order valence-corrected chi connectivity index (χ4v) is 6.80. The van der Waals surface area contributed by atoms with E-state index in [0.29, 0.717) is 54.3 Å². The minimum atomic E-state index is -0.752. The van der Waals surface area contributed by atoms with Crippen LogP contribution in [0.25, 0.3) is 21.9 Å². The van der Waals surface area contributed by atoms with Crippen LogP contribution in [0.15, 0.2) is 44.6 Å². The number of aromatic hydroxyl groups is 1. The number of β-amino-alcohol motifs (C(OH)–C–C–N with tert-alkyl or cyclic N) is 2. The Kier molecular flexibility index (Phi) is 13.6. The number of ether oxygens (including phenoxy) is 3. The highest BCUT2D eigenvalue weighted by Gasteiger charge is 2.26. The molecule has 0 amide bonds. The van der Waals surface area contributed by atoms with E-state index in [1.807, 2.05) is 39.8 Å². The third-order valence-electron chi connectivity index (χ3n) is 9.94. The normalized spacial score (nSPS) is 17.6. The highest BCUT2D eigenvalue weighted by Crippen LogP contribution is 2.42. The van der Waals surface area contributed by atoms with Crippen molar-refractivity contribution in [3.63, 3.8) is 0 Å². The van der Waals surface area contributed by atoms with Crippen molar-refractivity contribution in [1.82, 2.24) is 19.6 Å². The number of nitrogens with zero attached hydrogens (tertiary/aromatic N) is 4. The van der Waals surface area contributed by atoms with Crippen LogP contribution in [0, 0.1) is 0 Å². The third-order valence-corrected chi connectivity index (χ3v) is 9.94. The zero-order chi connectivity index (χ0) is 37.5. The molecule has 0 radical (unpaired) electrons. The number of likely N-dealkylation sites (N-methyl/N-ethyl adjacent to an activating group) is 2. The molecule has 0 spiro atoms. The largest absolute Gasteiger partial charge is 0.507 e. The van der Waals surface area contributed by atoms with Crippen molar-refractivity contribution in [3.05, 3.63) is 56.8 Å². The number of rotatable bonds is 15. The standard InChI is InChI=1S/C40H58N4O8/c1-26(2)8-10-30-32(50-24-28(45)22-43-16-12-41(5)13-17-43)20-34-37(38(30)47)39(48)36-31(11-9-27(3)4)40(49-7)35(21-33(36)52-34)51-25-29(46)23-44-18-14-42(6)15-19-44/h8-9,20-21,28-29,45-47H,10-19,22-25H2,1-7H3. The molecule has 3 N–H and O–H groups in total. The predicted octanol–water partition coefficient (Wildman–Crippen LogP) is 3.65. The second-order valence-corrected chi connectivity index (χ2v) is 14.9. The highest BCUT2D eigenvalue weighted by molar-refractivity contribution is 5.98. The Morgan fingerprint density at radius 3 is 1.71 bits per heavy atom. The molecule has 3 heterocycles. The van der Waals surface area contributed by atoms with Gasteiger partial charge in [-0.1, -0.05) is 23.3 Å². The number of fused-ring (bicyclic) bond motifs is 2. The van der Waals surface area contributed by atoms with Crippen molar-refractivity contribution in [2.75, 3.05) is 99.9 Å². The van der Waals surface area contributed by atoms with Crippen LogP contribution in [0.4, 0.5) is 0 Å². The molecule has 0 saturated carbocycles. The van der Waals surface area contributed by atoms with Gasteiger partial charge in [-0.05, 0) is 54.6 Å². The van der Waals surface area contributed by atoms with Crippen molar-refractivity contribution in [2.45, 2.75) is 52.7 Å². The van der Waals surface area contributed by atoms with Gasteiger partial charge in [0.25, 0.3) is 0 Å². The van der Waals surface area contributed by atoms with Gasteiger partial charge in [0.1, 0.15) is 53.5 Å². The minimum absolute atomic E-state index is 0.00934. The molecule has 2 fully saturated rings. The number of allylic oxidation sites excluding steroid dienone is 4. The average Bonchev–Trinajstić information content (AvgIpc) is 3.09. The first-order valence-corrected chi connectivity index (χ1v) is 18.4. The first-order chi connectivity index (χ1) is 24.8. The van der Waals surface area contributed by atoms with Gasteiger partial charge in [-0.2, -0.15) is 0 Å². The molecule has 3 aromatic rings. The number of phenolic OH excluding ortho intramolecular Hbond substituents is 1. The van der Waals surface area contributed by atoms with E-state index < -0.39 is 17.6 Å². The topological polar surface area (TPSA) is 132 Å². The molecule has 2 aromatic carbocycles. The number of methoxy groups -OCH3 is 1. The maximum absolute atomic E-state index is 14.5. The lowest BCUT2D eigenvalue weighted by Gasteiger charge is -2.33. The third kappa shape index (κ3) is 9.85. The Hall–Kier alpha value is -3.65. The first-order valence-electron chi connectivity index (χ1n) is 18.4. The van der Waals surface area contributed by atoms with Crippen LogP contribution in [0.3, 0.4) is 0 Å². The molecule has 1 aromatic heterocycles. The maximum atomic E-state index is 14.5. The number of hydrogen-bond acceptors (Lipinski definition) is 12. The molecule has 2 saturated heterocycles. The van der Waals surface area contributed by atoms with E-state index >= 15 is 0 Å². The molecule has 0 aliphatic carbocycles. The molecular weight excluding hydrogens is 664 g/mol. The second-order valence-electron chi connectivity index (χ2n) is 14.9. The summed E-state index contributed by atoms with van der Waals surface area (Å²) in [6.45, 7) is 16.1. The summed E-state index contributed by atoms with van der Waals surface area (Å²) in [6.07, 6.45) is 3.15. The Morgan fingerprint density at radius 1 is 0.750 bits per heavy atom. The number of aliphatic hydroxyl groups is 2. The number of hydrogen-bond donors (Lipinski definition) is 3. The zero-order valence-corrected chi connectivity index (χ0v) is 32.0. The molecule has 2 unspecified atom stereocenters. The molecular formula is C40H58N4O8. The molecule has 12 nitrogen and oxygen atoms in total. The zero-order valence-electron chi connectivity index (χ0n) is 32.0. The van der Waals surface area contributed by atoms with Crippen LogP contribution >= 0.6 is 0 Å². The SMILES string of the molecule is COc1c(OCC(O)CN2CCN(C)CC2)cc2oc3cc(OCC(O)CN4CCN(C)CC4)c(CC=C(C)C)c(O)c3c(=O)c2c1CC=C(C)C. The summed E-state index contributed by atoms with van der Waals surface area (Å²) in [4.78, 5) is 23.5. The summed E-state index contributed by atoms with van der Waals surface area (Å²) in [5, 5.41) is 33.9. The van der Waals surface area contributed by atoms with Gasteiger partial charge in [0.2, 0.25) is 5.43 Å². The summed E-state index contributed by atoms with van der Waals surface area (Å²) >= 11 is 0. The molecule has 2 aliphatic heterocycles. The predicted molar refractivity (Wildman–Crippen MR) is 205 cm³/mol. The molecule has 2 aliphatic rings. The summed E-state index contributed by atoms with van der Waals surface area (Å²) in [5.41, 5.74) is 3.12. The molecule has 52 heavy (non-hydrogen) atoms. The number of benzene rings is 2. The van der Waals surface area contributed by atoms with Gasteiger partial charge < -0.3 is 43.7 Å². The van der Waals surface area contributed by atoms with Crippen LogP contribution in [0.5, 0.6) is 23.0 Å². The van der Waals surface area contributed by atoms with E-state index in [1.54, 1.807) is 12.1 Å². The summed E-state index contributed by atoms with van der Waals surface area (Å²) in [7, 11) is 5.71. The number of aliphatic hydroxyl groups excluding tert-OH is 2. The van der Waals surface area contributed by atoms with E-state index in [9.17, 15) is 20.1 Å². The second kappa shape index (κ2) is 17.9. The monoisotopic (exact) mass is 722 g/mol. The van der Waals surface area contributed by atoms with E-state index in [4.69, 9.17) is 18.6 Å². The lowest BCUT2D eigenvalue weighted by atomic mass is 9.98. The van der Waals surface area contributed by atoms with E-state index in [2.05, 4.69) is 33.7 Å². The fourth-order valence-electron chi connectivity index (χ4n) is 6.80.